The highest BCUT2D eigenvalue weighted by Gasteiger charge is 2.35. The number of rotatable bonds is 22. The fourth-order valence-electron chi connectivity index (χ4n) is 5.45. The highest BCUT2D eigenvalue weighted by molar-refractivity contribution is 5.74. The molecule has 0 saturated carbocycles. The second-order valence-corrected chi connectivity index (χ2v) is 11.7. The number of benzene rings is 2. The number of carbonyl (C=O) groups is 1. The molecule has 4 nitrogen and oxygen atoms in total. The summed E-state index contributed by atoms with van der Waals surface area (Å²) in [5, 5.41) is 0. The summed E-state index contributed by atoms with van der Waals surface area (Å²) in [6.07, 6.45) is 18.9. The van der Waals surface area contributed by atoms with Crippen molar-refractivity contribution < 1.29 is 18.8 Å². The van der Waals surface area contributed by atoms with Gasteiger partial charge in [0.15, 0.2) is 6.04 Å². The number of quaternary nitrogens is 1. The van der Waals surface area contributed by atoms with Crippen LogP contribution in [0.15, 0.2) is 54.6 Å². The summed E-state index contributed by atoms with van der Waals surface area (Å²) in [7, 11) is 4.22. The average molecular weight is 539 g/mol. The number of nitrogens with zero attached hydrogens (tertiary/aromatic N) is 1. The first kappa shape index (κ1) is 32.9. The zero-order chi connectivity index (χ0) is 28.2. The summed E-state index contributed by atoms with van der Waals surface area (Å²) in [6, 6.07) is 18.3. The molecule has 2 aromatic rings. The van der Waals surface area contributed by atoms with Gasteiger partial charge in [-0.15, -0.1) is 0 Å². The van der Waals surface area contributed by atoms with Crippen LogP contribution in [0.5, 0.6) is 5.75 Å². The van der Waals surface area contributed by atoms with Gasteiger partial charge in [-0.3, -0.25) is 0 Å². The van der Waals surface area contributed by atoms with Gasteiger partial charge in [0, 0.05) is 12.0 Å². The lowest BCUT2D eigenvalue weighted by atomic mass is 10.0. The highest BCUT2D eigenvalue weighted by atomic mass is 16.7. The van der Waals surface area contributed by atoms with Crippen LogP contribution in [0.1, 0.15) is 115 Å². The van der Waals surface area contributed by atoms with Crippen LogP contribution in [0.25, 0.3) is 0 Å². The molecule has 0 radical (unpaired) electrons. The van der Waals surface area contributed by atoms with Crippen molar-refractivity contribution in [3.63, 3.8) is 0 Å². The number of ether oxygens (including phenoxy) is 2. The van der Waals surface area contributed by atoms with Crippen molar-refractivity contribution in [3.05, 3.63) is 65.7 Å². The highest BCUT2D eigenvalue weighted by Crippen LogP contribution is 2.23. The van der Waals surface area contributed by atoms with Gasteiger partial charge < -0.3 is 14.0 Å². The lowest BCUT2D eigenvalue weighted by molar-refractivity contribution is -0.920. The fourth-order valence-corrected chi connectivity index (χ4v) is 5.45. The third-order valence-corrected chi connectivity index (χ3v) is 7.80. The van der Waals surface area contributed by atoms with Crippen molar-refractivity contribution in [2.24, 2.45) is 0 Å². The van der Waals surface area contributed by atoms with Gasteiger partial charge in [-0.25, -0.2) is 4.79 Å². The van der Waals surface area contributed by atoms with E-state index in [0.29, 0.717) is 4.48 Å². The second-order valence-electron chi connectivity index (χ2n) is 11.7. The normalized spacial score (nSPS) is 12.3. The number of carbonyl (C=O) groups excluding carboxylic acids is 1. The van der Waals surface area contributed by atoms with Crippen LogP contribution in [0.4, 0.5) is 0 Å². The first-order valence-electron chi connectivity index (χ1n) is 15.7. The van der Waals surface area contributed by atoms with Gasteiger partial charge in [-0.05, 0) is 30.9 Å². The van der Waals surface area contributed by atoms with Crippen molar-refractivity contribution in [1.82, 2.24) is 0 Å². The van der Waals surface area contributed by atoms with Crippen LogP contribution >= 0.6 is 0 Å². The Bertz CT molecular complexity index is 896. The maximum absolute atomic E-state index is 13.1. The van der Waals surface area contributed by atoms with Gasteiger partial charge in [0.1, 0.15) is 12.3 Å². The molecule has 1 atom stereocenters. The van der Waals surface area contributed by atoms with Crippen LogP contribution in [0.2, 0.25) is 0 Å². The number of aryl methyl sites for hydroxylation is 1. The summed E-state index contributed by atoms with van der Waals surface area (Å²) in [4.78, 5) is 13.1. The van der Waals surface area contributed by atoms with Crippen LogP contribution in [-0.2, 0) is 22.5 Å². The van der Waals surface area contributed by atoms with E-state index in [2.05, 4.69) is 52.2 Å². The molecule has 0 heterocycles. The molecule has 2 rings (SSSR count). The first-order valence-corrected chi connectivity index (χ1v) is 15.7. The lowest BCUT2D eigenvalue weighted by Crippen LogP contribution is -2.53. The number of hydrogen-bond donors (Lipinski definition) is 0. The van der Waals surface area contributed by atoms with E-state index >= 15 is 0 Å². The maximum atomic E-state index is 13.1. The van der Waals surface area contributed by atoms with Crippen LogP contribution in [0, 0.1) is 0 Å². The largest absolute Gasteiger partial charge is 0.457 e. The van der Waals surface area contributed by atoms with Crippen molar-refractivity contribution in [2.75, 3.05) is 20.9 Å². The second kappa shape index (κ2) is 19.7. The molecule has 1 unspecified atom stereocenters. The van der Waals surface area contributed by atoms with E-state index in [9.17, 15) is 4.79 Å². The third kappa shape index (κ3) is 13.5. The van der Waals surface area contributed by atoms with Crippen LogP contribution in [-0.4, -0.2) is 37.4 Å². The Morgan fingerprint density at radius 1 is 0.718 bits per heavy atom. The predicted molar refractivity (Wildman–Crippen MR) is 164 cm³/mol. The van der Waals surface area contributed by atoms with Gasteiger partial charge in [0.05, 0.1) is 14.1 Å². The molecule has 218 valence electrons. The minimum Gasteiger partial charge on any atom is -0.457 e. The molecule has 0 bridgehead atoms. The number of para-hydroxylation sites is 1. The van der Waals surface area contributed by atoms with Crippen LogP contribution < -0.4 is 4.74 Å². The smallest absolute Gasteiger partial charge is 0.367 e. The zero-order valence-corrected chi connectivity index (χ0v) is 25.5. The van der Waals surface area contributed by atoms with E-state index in [1.54, 1.807) is 0 Å². The van der Waals surface area contributed by atoms with Crippen LogP contribution in [0.3, 0.4) is 0 Å². The van der Waals surface area contributed by atoms with Gasteiger partial charge in [-0.2, -0.15) is 0 Å². The Labute approximate surface area is 239 Å². The molecule has 39 heavy (non-hydrogen) atoms. The summed E-state index contributed by atoms with van der Waals surface area (Å²) >= 11 is 0. The number of unbranched alkanes of at least 4 members (excludes halogenated alkanes) is 11. The van der Waals surface area contributed by atoms with E-state index in [1.807, 2.05) is 30.3 Å². The van der Waals surface area contributed by atoms with Gasteiger partial charge in [0.2, 0.25) is 6.79 Å². The van der Waals surface area contributed by atoms with Gasteiger partial charge in [-0.1, -0.05) is 133 Å². The van der Waals surface area contributed by atoms with E-state index in [1.165, 1.54) is 88.2 Å². The third-order valence-electron chi connectivity index (χ3n) is 7.80. The van der Waals surface area contributed by atoms with Gasteiger partial charge >= 0.3 is 5.97 Å². The van der Waals surface area contributed by atoms with Crippen molar-refractivity contribution in [1.29, 1.82) is 0 Å². The molecular weight excluding hydrogens is 482 g/mol. The summed E-state index contributed by atoms with van der Waals surface area (Å²) in [6.45, 7) is 5.13. The molecule has 2 aromatic carbocycles. The number of esters is 1. The first-order chi connectivity index (χ1) is 19.0. The van der Waals surface area contributed by atoms with E-state index in [4.69, 9.17) is 9.47 Å². The molecule has 0 N–H and O–H groups in total. The minimum absolute atomic E-state index is 0.0418. The van der Waals surface area contributed by atoms with Crippen molar-refractivity contribution in [2.45, 2.75) is 123 Å². The molecule has 4 heteroatoms. The molecule has 0 spiro atoms. The molecule has 0 aliphatic rings. The molecule has 0 amide bonds. The SMILES string of the molecule is CCCCCCCCCCCCCCc1ccccc1OCOC(=O)C(CCC)[N+](C)(C)Cc1ccccc1. The maximum Gasteiger partial charge on any atom is 0.367 e. The summed E-state index contributed by atoms with van der Waals surface area (Å²) < 4.78 is 12.2. The molecule has 0 fully saturated rings. The molecule has 0 saturated heterocycles. The Morgan fingerprint density at radius 2 is 1.28 bits per heavy atom. The fraction of sp³-hybridized carbons (Fsp3) is 0.629. The number of likely N-dealkylation sites (N-methyl/N-ethyl adjacent to an activating group) is 1. The minimum atomic E-state index is -0.227. The molecule has 0 aliphatic heterocycles. The standard InChI is InChI=1S/C35H56NO3/c1-5-7-8-9-10-11-12-13-14-15-16-20-26-32-27-21-22-28-34(32)38-30-39-35(37)33(23-6-2)36(3,4)29-31-24-18-17-19-25-31/h17-19,21-22,24-25,27-28,33H,5-16,20,23,26,29-30H2,1-4H3/q+1. The van der Waals surface area contributed by atoms with E-state index < -0.39 is 0 Å². The zero-order valence-electron chi connectivity index (χ0n) is 25.5. The monoisotopic (exact) mass is 538 g/mol. The average Bonchev–Trinajstić information content (AvgIpc) is 2.93. The summed E-state index contributed by atoms with van der Waals surface area (Å²) in [5.41, 5.74) is 2.42. The molecular formula is C35H56NO3+. The predicted octanol–water partition coefficient (Wildman–Crippen LogP) is 9.26. The van der Waals surface area contributed by atoms with Gasteiger partial charge in [0.25, 0.3) is 0 Å². The lowest BCUT2D eigenvalue weighted by Gasteiger charge is -2.36. The summed E-state index contributed by atoms with van der Waals surface area (Å²) in [5.74, 6) is 0.648. The molecule has 0 aromatic heterocycles. The molecule has 0 aliphatic carbocycles. The Morgan fingerprint density at radius 3 is 1.90 bits per heavy atom. The van der Waals surface area contributed by atoms with E-state index in [-0.39, 0.29) is 18.8 Å². The van der Waals surface area contributed by atoms with Crippen molar-refractivity contribution >= 4 is 5.97 Å². The van der Waals surface area contributed by atoms with Crippen molar-refractivity contribution in [3.8, 4) is 5.75 Å². The quantitative estimate of drug-likeness (QED) is 0.0648. The van der Waals surface area contributed by atoms with E-state index in [0.717, 1.165) is 31.6 Å². The number of hydrogen-bond acceptors (Lipinski definition) is 3. The Kier molecular flexibility index (Phi) is 16.6. The Balaban J connectivity index is 1.70. The Hall–Kier alpha value is -2.33. The topological polar surface area (TPSA) is 35.5 Å².